The fraction of sp³-hybridized carbons (Fsp3) is 0.385. The lowest BCUT2D eigenvalue weighted by Gasteiger charge is -2.05. The Balaban J connectivity index is 2.21. The number of aromatic nitrogens is 1. The lowest BCUT2D eigenvalue weighted by Crippen LogP contribution is -2.13. The molecule has 0 bridgehead atoms. The van der Waals surface area contributed by atoms with Crippen molar-refractivity contribution in [1.82, 2.24) is 9.88 Å². The molecule has 84 valence electrons. The molecule has 3 rings (SSSR count). The summed E-state index contributed by atoms with van der Waals surface area (Å²) in [5.74, 6) is 0. The molecular formula is C13H15BrN2. The smallest absolute Gasteiger partial charge is 0.0527 e. The van der Waals surface area contributed by atoms with E-state index in [1.165, 1.54) is 33.1 Å². The molecule has 0 aliphatic carbocycles. The number of para-hydroxylation sites is 1. The van der Waals surface area contributed by atoms with Crippen molar-refractivity contribution in [2.24, 2.45) is 0 Å². The summed E-state index contributed by atoms with van der Waals surface area (Å²) in [6.45, 7) is 2.17. The number of aryl methyl sites for hydroxylation is 2. The SMILES string of the molecule is CNCCc1c(Br)c2cccc3c2n1CC3. The van der Waals surface area contributed by atoms with Gasteiger partial charge in [-0.1, -0.05) is 18.2 Å². The number of nitrogens with one attached hydrogen (secondary N) is 1. The van der Waals surface area contributed by atoms with E-state index in [4.69, 9.17) is 0 Å². The highest BCUT2D eigenvalue weighted by atomic mass is 79.9. The average Bonchev–Trinajstić information content (AvgIpc) is 2.83. The molecule has 0 saturated heterocycles. The summed E-state index contributed by atoms with van der Waals surface area (Å²) in [5.41, 5.74) is 4.38. The van der Waals surface area contributed by atoms with Crippen molar-refractivity contribution in [3.05, 3.63) is 33.9 Å². The molecule has 16 heavy (non-hydrogen) atoms. The van der Waals surface area contributed by atoms with Crippen LogP contribution < -0.4 is 5.32 Å². The quantitative estimate of drug-likeness (QED) is 0.914. The van der Waals surface area contributed by atoms with Gasteiger partial charge < -0.3 is 9.88 Å². The summed E-state index contributed by atoms with van der Waals surface area (Å²) in [7, 11) is 2.01. The summed E-state index contributed by atoms with van der Waals surface area (Å²) < 4.78 is 3.77. The van der Waals surface area contributed by atoms with Crippen LogP contribution in [0, 0.1) is 0 Å². The first kappa shape index (κ1) is 10.4. The third-order valence-electron chi connectivity index (χ3n) is 3.42. The van der Waals surface area contributed by atoms with Crippen LogP contribution in [0.25, 0.3) is 10.9 Å². The summed E-state index contributed by atoms with van der Waals surface area (Å²) in [6.07, 6.45) is 2.28. The first-order chi connectivity index (χ1) is 7.83. The highest BCUT2D eigenvalue weighted by molar-refractivity contribution is 9.10. The number of hydrogen-bond donors (Lipinski definition) is 1. The van der Waals surface area contributed by atoms with Gasteiger partial charge in [-0.15, -0.1) is 0 Å². The van der Waals surface area contributed by atoms with Gasteiger partial charge in [0.25, 0.3) is 0 Å². The molecule has 2 nitrogen and oxygen atoms in total. The highest BCUT2D eigenvalue weighted by Crippen LogP contribution is 2.36. The van der Waals surface area contributed by atoms with E-state index in [1.54, 1.807) is 0 Å². The molecule has 1 N–H and O–H groups in total. The average molecular weight is 279 g/mol. The molecule has 0 saturated carbocycles. The molecule has 0 amide bonds. The number of nitrogens with zero attached hydrogens (tertiary/aromatic N) is 1. The molecule has 0 fully saturated rings. The minimum atomic E-state index is 1.03. The Kier molecular flexibility index (Phi) is 2.52. The standard InChI is InChI=1S/C13H15BrN2/c1-15-7-5-11-12(14)10-4-2-3-9-6-8-16(11)13(9)10/h2-4,15H,5-8H2,1H3. The number of rotatable bonds is 3. The zero-order valence-electron chi connectivity index (χ0n) is 9.39. The van der Waals surface area contributed by atoms with Gasteiger partial charge in [0.2, 0.25) is 0 Å². The van der Waals surface area contributed by atoms with E-state index in [2.05, 4.69) is 44.0 Å². The van der Waals surface area contributed by atoms with Crippen LogP contribution in [0.2, 0.25) is 0 Å². The van der Waals surface area contributed by atoms with Crippen LogP contribution in [0.5, 0.6) is 0 Å². The lowest BCUT2D eigenvalue weighted by molar-refractivity contribution is 0.689. The Bertz CT molecular complexity index is 542. The van der Waals surface area contributed by atoms with Gasteiger partial charge in [-0.3, -0.25) is 0 Å². The Hall–Kier alpha value is -0.800. The monoisotopic (exact) mass is 278 g/mol. The van der Waals surface area contributed by atoms with Crippen molar-refractivity contribution >= 4 is 26.8 Å². The number of hydrogen-bond acceptors (Lipinski definition) is 1. The van der Waals surface area contributed by atoms with Crippen molar-refractivity contribution in [2.75, 3.05) is 13.6 Å². The van der Waals surface area contributed by atoms with Gasteiger partial charge in [-0.25, -0.2) is 0 Å². The second-order valence-corrected chi connectivity index (χ2v) is 5.12. The molecule has 3 heteroatoms. The van der Waals surface area contributed by atoms with Crippen molar-refractivity contribution in [3.63, 3.8) is 0 Å². The van der Waals surface area contributed by atoms with Crippen LogP contribution in [-0.4, -0.2) is 18.2 Å². The zero-order chi connectivity index (χ0) is 11.1. The van der Waals surface area contributed by atoms with Gasteiger partial charge >= 0.3 is 0 Å². The Labute approximate surface area is 104 Å². The summed E-state index contributed by atoms with van der Waals surface area (Å²) in [4.78, 5) is 0. The minimum absolute atomic E-state index is 1.03. The molecule has 1 aromatic heterocycles. The van der Waals surface area contributed by atoms with E-state index in [-0.39, 0.29) is 0 Å². The Morgan fingerprint density at radius 1 is 1.44 bits per heavy atom. The number of benzene rings is 1. The van der Waals surface area contributed by atoms with Gasteiger partial charge in [-0.2, -0.15) is 0 Å². The molecule has 2 aromatic rings. The van der Waals surface area contributed by atoms with Crippen molar-refractivity contribution in [3.8, 4) is 0 Å². The second-order valence-electron chi connectivity index (χ2n) is 4.33. The molecular weight excluding hydrogens is 264 g/mol. The highest BCUT2D eigenvalue weighted by Gasteiger charge is 2.21. The lowest BCUT2D eigenvalue weighted by atomic mass is 10.1. The number of halogens is 1. The van der Waals surface area contributed by atoms with Crippen molar-refractivity contribution < 1.29 is 0 Å². The first-order valence-electron chi connectivity index (χ1n) is 5.76. The fourth-order valence-electron chi connectivity index (χ4n) is 2.66. The van der Waals surface area contributed by atoms with Crippen LogP contribution in [0.3, 0.4) is 0 Å². The number of likely N-dealkylation sites (N-methyl/N-ethyl adjacent to an activating group) is 1. The molecule has 0 spiro atoms. The predicted molar refractivity (Wildman–Crippen MR) is 71.0 cm³/mol. The predicted octanol–water partition coefficient (Wildman–Crippen LogP) is 2.72. The molecule has 0 atom stereocenters. The summed E-state index contributed by atoms with van der Waals surface area (Å²) in [5, 5.41) is 4.60. The van der Waals surface area contributed by atoms with Gasteiger partial charge in [0.15, 0.2) is 0 Å². The summed E-state index contributed by atoms with van der Waals surface area (Å²) in [6, 6.07) is 6.63. The van der Waals surface area contributed by atoms with Crippen LogP contribution in [-0.2, 0) is 19.4 Å². The molecule has 2 heterocycles. The van der Waals surface area contributed by atoms with Gasteiger partial charge in [0, 0.05) is 35.1 Å². The third-order valence-corrected chi connectivity index (χ3v) is 4.31. The van der Waals surface area contributed by atoms with Crippen molar-refractivity contribution in [1.29, 1.82) is 0 Å². The first-order valence-corrected chi connectivity index (χ1v) is 6.55. The van der Waals surface area contributed by atoms with E-state index in [9.17, 15) is 0 Å². The maximum atomic E-state index is 3.75. The molecule has 0 unspecified atom stereocenters. The maximum Gasteiger partial charge on any atom is 0.0527 e. The molecule has 0 radical (unpaired) electrons. The van der Waals surface area contributed by atoms with Gasteiger partial charge in [-0.05, 0) is 35.0 Å². The van der Waals surface area contributed by atoms with Crippen LogP contribution in [0.4, 0.5) is 0 Å². The maximum absolute atomic E-state index is 3.75. The van der Waals surface area contributed by atoms with E-state index in [1.807, 2.05) is 7.05 Å². The van der Waals surface area contributed by atoms with Crippen LogP contribution >= 0.6 is 15.9 Å². The fourth-order valence-corrected chi connectivity index (χ4v) is 3.40. The summed E-state index contributed by atoms with van der Waals surface area (Å²) >= 11 is 3.75. The van der Waals surface area contributed by atoms with E-state index in [0.29, 0.717) is 0 Å². The van der Waals surface area contributed by atoms with E-state index >= 15 is 0 Å². The van der Waals surface area contributed by atoms with Gasteiger partial charge in [0.1, 0.15) is 0 Å². The normalized spacial score (nSPS) is 13.9. The second kappa shape index (κ2) is 3.90. The molecule has 1 aliphatic heterocycles. The Morgan fingerprint density at radius 2 is 2.31 bits per heavy atom. The molecule has 1 aliphatic rings. The minimum Gasteiger partial charge on any atom is -0.343 e. The van der Waals surface area contributed by atoms with Crippen LogP contribution in [0.15, 0.2) is 22.7 Å². The van der Waals surface area contributed by atoms with Gasteiger partial charge in [0.05, 0.1) is 5.52 Å². The van der Waals surface area contributed by atoms with E-state index in [0.717, 1.165) is 19.5 Å². The largest absolute Gasteiger partial charge is 0.343 e. The third kappa shape index (κ3) is 1.35. The van der Waals surface area contributed by atoms with Crippen LogP contribution in [0.1, 0.15) is 11.3 Å². The Morgan fingerprint density at radius 3 is 3.12 bits per heavy atom. The van der Waals surface area contributed by atoms with Crippen molar-refractivity contribution in [2.45, 2.75) is 19.4 Å². The molecule has 1 aromatic carbocycles. The zero-order valence-corrected chi connectivity index (χ0v) is 11.0. The topological polar surface area (TPSA) is 17.0 Å². The van der Waals surface area contributed by atoms with E-state index < -0.39 is 0 Å².